The molecule has 0 saturated heterocycles. The Morgan fingerprint density at radius 1 is 0.970 bits per heavy atom. The number of carbonyl (C=O) groups excluding carboxylic acids is 1. The van der Waals surface area contributed by atoms with Crippen LogP contribution in [-0.4, -0.2) is 30.1 Å². The summed E-state index contributed by atoms with van der Waals surface area (Å²) in [5.41, 5.74) is 0.145. The number of ketones is 1. The van der Waals surface area contributed by atoms with E-state index >= 15 is 0 Å². The van der Waals surface area contributed by atoms with E-state index in [4.69, 9.17) is 14.2 Å². The predicted octanol–water partition coefficient (Wildman–Crippen LogP) is 6.67. The minimum Gasteiger partial charge on any atom is -0.492 e. The van der Waals surface area contributed by atoms with E-state index in [9.17, 15) is 14.7 Å². The molecule has 172 valence electrons. The lowest BCUT2D eigenvalue weighted by molar-refractivity contribution is 0.0689. The summed E-state index contributed by atoms with van der Waals surface area (Å²) in [5.74, 6) is -0.541. The lowest BCUT2D eigenvalue weighted by Gasteiger charge is -2.18. The van der Waals surface area contributed by atoms with E-state index in [1.54, 1.807) is 30.3 Å². The second kappa shape index (κ2) is 11.2. The Labute approximate surface area is 193 Å². The molecule has 0 aliphatic rings. The summed E-state index contributed by atoms with van der Waals surface area (Å²) in [4.78, 5) is 24.7. The maximum atomic E-state index is 12.4. The third-order valence-electron chi connectivity index (χ3n) is 5.09. The van der Waals surface area contributed by atoms with Gasteiger partial charge in [-0.3, -0.25) is 4.79 Å². The van der Waals surface area contributed by atoms with E-state index in [1.165, 1.54) is 6.92 Å². The summed E-state index contributed by atoms with van der Waals surface area (Å²) in [6.07, 6.45) is 4.39. The van der Waals surface area contributed by atoms with E-state index < -0.39 is 5.97 Å². The smallest absolute Gasteiger partial charge is 0.343 e. The summed E-state index contributed by atoms with van der Waals surface area (Å²) in [5, 5.41) is 11.5. The largest absolute Gasteiger partial charge is 0.492 e. The second-order valence-corrected chi connectivity index (χ2v) is 7.55. The molecule has 0 aliphatic heterocycles. The lowest BCUT2D eigenvalue weighted by atomic mass is 10.0. The number of benzene rings is 3. The second-order valence-electron chi connectivity index (χ2n) is 7.55. The molecule has 1 N–H and O–H groups in total. The Morgan fingerprint density at radius 3 is 2.42 bits per heavy atom. The van der Waals surface area contributed by atoms with Crippen LogP contribution >= 0.6 is 0 Å². The van der Waals surface area contributed by atoms with Crippen molar-refractivity contribution in [1.29, 1.82) is 0 Å². The molecule has 0 saturated carbocycles. The van der Waals surface area contributed by atoms with Gasteiger partial charge in [-0.15, -0.1) is 0 Å². The number of aromatic carboxylic acids is 1. The highest BCUT2D eigenvalue weighted by Crippen LogP contribution is 2.41. The molecule has 6 nitrogen and oxygen atoms in total. The summed E-state index contributed by atoms with van der Waals surface area (Å²) in [6, 6.07) is 14.0. The van der Waals surface area contributed by atoms with Crippen LogP contribution in [0.5, 0.6) is 23.0 Å². The van der Waals surface area contributed by atoms with Crippen LogP contribution in [0.4, 0.5) is 0 Å². The summed E-state index contributed by atoms with van der Waals surface area (Å²) < 4.78 is 17.7. The molecule has 3 rings (SSSR count). The standard InChI is InChI=1S/C27H28O6/c1-4-6-9-16-32-26-20-12-8-7-11-19(20)17-23(25(26)27(29)30)33-22-14-10-13-21(31-15-5-2)24(22)18(3)28/h5,7-8,10-14,17H,2,4,6,9,15-16H2,1,3H3,(H,29,30). The Bertz CT molecular complexity index is 1160. The molecule has 0 aliphatic carbocycles. The number of fused-ring (bicyclic) bond motifs is 1. The number of carbonyl (C=O) groups is 2. The molecule has 6 heteroatoms. The number of ether oxygens (including phenoxy) is 3. The first-order valence-electron chi connectivity index (χ1n) is 10.9. The van der Waals surface area contributed by atoms with E-state index in [0.717, 1.165) is 24.6 Å². The topological polar surface area (TPSA) is 82.1 Å². The van der Waals surface area contributed by atoms with Crippen molar-refractivity contribution in [1.82, 2.24) is 0 Å². The summed E-state index contributed by atoms with van der Waals surface area (Å²) >= 11 is 0. The van der Waals surface area contributed by atoms with Gasteiger partial charge in [0.1, 0.15) is 40.7 Å². The van der Waals surface area contributed by atoms with Gasteiger partial charge in [0.15, 0.2) is 5.78 Å². The van der Waals surface area contributed by atoms with Gasteiger partial charge in [0, 0.05) is 5.39 Å². The van der Waals surface area contributed by atoms with Crippen LogP contribution in [0.3, 0.4) is 0 Å². The molecule has 3 aromatic carbocycles. The van der Waals surface area contributed by atoms with Crippen molar-refractivity contribution in [3.05, 3.63) is 72.3 Å². The molecular formula is C27H28O6. The third kappa shape index (κ3) is 5.52. The maximum absolute atomic E-state index is 12.4. The number of hydrogen-bond acceptors (Lipinski definition) is 5. The number of hydrogen-bond donors (Lipinski definition) is 1. The average Bonchev–Trinajstić information content (AvgIpc) is 2.79. The van der Waals surface area contributed by atoms with Crippen LogP contribution in [-0.2, 0) is 0 Å². The Hall–Kier alpha value is -3.80. The van der Waals surface area contributed by atoms with Gasteiger partial charge in [0.25, 0.3) is 0 Å². The molecule has 0 atom stereocenters. The first kappa shape index (κ1) is 23.9. The van der Waals surface area contributed by atoms with Gasteiger partial charge in [-0.1, -0.05) is 62.8 Å². The molecule has 0 heterocycles. The molecule has 0 aromatic heterocycles. The number of unbranched alkanes of at least 4 members (excludes halogenated alkanes) is 2. The van der Waals surface area contributed by atoms with Gasteiger partial charge >= 0.3 is 5.97 Å². The minimum atomic E-state index is -1.18. The van der Waals surface area contributed by atoms with Crippen molar-refractivity contribution in [2.24, 2.45) is 0 Å². The third-order valence-corrected chi connectivity index (χ3v) is 5.09. The number of Topliss-reactive ketones (excluding diaryl/α,β-unsaturated/α-hetero) is 1. The normalized spacial score (nSPS) is 10.6. The number of carboxylic acids is 1. The van der Waals surface area contributed by atoms with E-state index in [0.29, 0.717) is 17.7 Å². The molecule has 0 radical (unpaired) electrons. The number of carboxylic acid groups (broad SMARTS) is 1. The Morgan fingerprint density at radius 2 is 1.73 bits per heavy atom. The van der Waals surface area contributed by atoms with E-state index in [-0.39, 0.29) is 40.8 Å². The summed E-state index contributed by atoms with van der Waals surface area (Å²) in [7, 11) is 0. The van der Waals surface area contributed by atoms with Gasteiger partial charge in [0.2, 0.25) is 0 Å². The van der Waals surface area contributed by atoms with E-state index in [2.05, 4.69) is 13.5 Å². The molecule has 3 aromatic rings. The van der Waals surface area contributed by atoms with Crippen molar-refractivity contribution >= 4 is 22.5 Å². The Kier molecular flexibility index (Phi) is 8.08. The first-order valence-corrected chi connectivity index (χ1v) is 10.9. The average molecular weight is 449 g/mol. The Balaban J connectivity index is 2.13. The van der Waals surface area contributed by atoms with Crippen molar-refractivity contribution in [2.75, 3.05) is 13.2 Å². The van der Waals surface area contributed by atoms with Crippen LogP contribution in [0.1, 0.15) is 53.8 Å². The van der Waals surface area contributed by atoms with Gasteiger partial charge in [0.05, 0.1) is 6.61 Å². The van der Waals surface area contributed by atoms with E-state index in [1.807, 2.05) is 24.3 Å². The molecule has 33 heavy (non-hydrogen) atoms. The maximum Gasteiger partial charge on any atom is 0.343 e. The lowest BCUT2D eigenvalue weighted by Crippen LogP contribution is -2.09. The molecule has 0 unspecified atom stereocenters. The fourth-order valence-electron chi connectivity index (χ4n) is 3.58. The van der Waals surface area contributed by atoms with Crippen LogP contribution in [0.15, 0.2) is 61.2 Å². The zero-order valence-corrected chi connectivity index (χ0v) is 18.9. The van der Waals surface area contributed by atoms with Crippen LogP contribution in [0, 0.1) is 0 Å². The molecule has 0 amide bonds. The van der Waals surface area contributed by atoms with Crippen LogP contribution < -0.4 is 14.2 Å². The minimum absolute atomic E-state index is 0.0860. The SMILES string of the molecule is C=CCOc1cccc(Oc2cc3ccccc3c(OCCCCC)c2C(=O)O)c1C(C)=O. The van der Waals surface area contributed by atoms with Gasteiger partial charge < -0.3 is 19.3 Å². The summed E-state index contributed by atoms with van der Waals surface area (Å²) in [6.45, 7) is 7.73. The number of rotatable bonds is 12. The molecular weight excluding hydrogens is 420 g/mol. The molecule has 0 fully saturated rings. The van der Waals surface area contributed by atoms with Gasteiger partial charge in [-0.05, 0) is 36.9 Å². The first-order chi connectivity index (χ1) is 16.0. The predicted molar refractivity (Wildman–Crippen MR) is 128 cm³/mol. The zero-order valence-electron chi connectivity index (χ0n) is 18.9. The van der Waals surface area contributed by atoms with Crippen molar-refractivity contribution < 1.29 is 28.9 Å². The molecule has 0 bridgehead atoms. The zero-order chi connectivity index (χ0) is 23.8. The van der Waals surface area contributed by atoms with Gasteiger partial charge in [-0.25, -0.2) is 4.79 Å². The van der Waals surface area contributed by atoms with Crippen LogP contribution in [0.2, 0.25) is 0 Å². The fraction of sp³-hybridized carbons (Fsp3) is 0.259. The monoisotopic (exact) mass is 448 g/mol. The quantitative estimate of drug-likeness (QED) is 0.189. The highest BCUT2D eigenvalue weighted by molar-refractivity contribution is 6.04. The van der Waals surface area contributed by atoms with Crippen molar-refractivity contribution in [2.45, 2.75) is 33.1 Å². The van der Waals surface area contributed by atoms with Crippen molar-refractivity contribution in [3.63, 3.8) is 0 Å². The van der Waals surface area contributed by atoms with Gasteiger partial charge in [-0.2, -0.15) is 0 Å². The fourth-order valence-corrected chi connectivity index (χ4v) is 3.58. The van der Waals surface area contributed by atoms with Crippen molar-refractivity contribution in [3.8, 4) is 23.0 Å². The van der Waals surface area contributed by atoms with Crippen LogP contribution in [0.25, 0.3) is 10.8 Å². The highest BCUT2D eigenvalue weighted by atomic mass is 16.5. The highest BCUT2D eigenvalue weighted by Gasteiger charge is 2.24. The molecule has 0 spiro atoms.